The van der Waals surface area contributed by atoms with Crippen molar-refractivity contribution in [2.45, 2.75) is 19.3 Å². The van der Waals surface area contributed by atoms with Gasteiger partial charge in [-0.25, -0.2) is 9.97 Å². The molecule has 0 radical (unpaired) electrons. The van der Waals surface area contributed by atoms with E-state index in [-0.39, 0.29) is 5.41 Å². The Morgan fingerprint density at radius 2 is 1.31 bits per heavy atom. The summed E-state index contributed by atoms with van der Waals surface area (Å²) in [6.45, 7) is 4.68. The van der Waals surface area contributed by atoms with E-state index in [1.165, 1.54) is 80.7 Å². The van der Waals surface area contributed by atoms with Crippen LogP contribution in [0.4, 0.5) is 0 Å². The first-order chi connectivity index (χ1) is 22.1. The molecule has 4 heterocycles. The molecule has 0 amide bonds. The van der Waals surface area contributed by atoms with E-state index in [0.29, 0.717) is 0 Å². The minimum Gasteiger partial charge on any atom is -0.291 e. The van der Waals surface area contributed by atoms with E-state index in [9.17, 15) is 0 Å². The molecule has 3 nitrogen and oxygen atoms in total. The summed E-state index contributed by atoms with van der Waals surface area (Å²) in [7, 11) is 0. The van der Waals surface area contributed by atoms with Crippen LogP contribution in [-0.4, -0.2) is 14.4 Å². The molecule has 4 heteroatoms. The van der Waals surface area contributed by atoms with E-state index >= 15 is 0 Å². The molecule has 0 unspecified atom stereocenters. The van der Waals surface area contributed by atoms with Crippen molar-refractivity contribution in [1.82, 2.24) is 14.4 Å². The fourth-order valence-electron chi connectivity index (χ4n) is 8.23. The van der Waals surface area contributed by atoms with Gasteiger partial charge in [-0.15, -0.1) is 11.3 Å². The highest BCUT2D eigenvalue weighted by Gasteiger charge is 2.35. The third kappa shape index (κ3) is 2.91. The van der Waals surface area contributed by atoms with E-state index < -0.39 is 0 Å². The highest BCUT2D eigenvalue weighted by molar-refractivity contribution is 7.26. The van der Waals surface area contributed by atoms with E-state index in [1.54, 1.807) is 0 Å². The Balaban J connectivity index is 1.25. The van der Waals surface area contributed by atoms with Crippen LogP contribution in [0, 0.1) is 0 Å². The summed E-state index contributed by atoms with van der Waals surface area (Å²) < 4.78 is 4.96. The highest BCUT2D eigenvalue weighted by Crippen LogP contribution is 2.50. The predicted octanol–water partition coefficient (Wildman–Crippen LogP) is 11.1. The fourth-order valence-corrected chi connectivity index (χ4v) is 9.38. The molecule has 10 aromatic rings. The monoisotopic (exact) mass is 591 g/mol. The Kier molecular flexibility index (Phi) is 4.29. The molecule has 0 fully saturated rings. The summed E-state index contributed by atoms with van der Waals surface area (Å²) in [5, 5.41) is 6.30. The number of nitrogens with zero attached hydrogens (tertiary/aromatic N) is 3. The van der Waals surface area contributed by atoms with Gasteiger partial charge in [0.1, 0.15) is 5.52 Å². The van der Waals surface area contributed by atoms with E-state index in [2.05, 4.69) is 121 Å². The van der Waals surface area contributed by atoms with E-state index in [0.717, 1.165) is 22.2 Å². The van der Waals surface area contributed by atoms with Gasteiger partial charge in [-0.2, -0.15) is 0 Å². The van der Waals surface area contributed by atoms with Crippen molar-refractivity contribution in [3.05, 3.63) is 126 Å². The topological polar surface area (TPSA) is 30.2 Å². The number of hydrogen-bond acceptors (Lipinski definition) is 3. The van der Waals surface area contributed by atoms with Crippen LogP contribution in [0.15, 0.2) is 115 Å². The standard InChI is InChI=1S/C41H25N3S/c1-41(2)29-11-5-3-9-24(29)26-19-22(15-17-30(26)41)23-16-18-33-27(20-23)28-21-35-36(25-10-4-8-14-34(25)45-35)37-38-40(44(33)39(28)37)43-32-13-7-6-12-31(32)42-38/h3-21H,1-2H3. The van der Waals surface area contributed by atoms with E-state index in [4.69, 9.17) is 9.97 Å². The Bertz CT molecular complexity index is 2910. The first kappa shape index (κ1) is 24.1. The lowest BCUT2D eigenvalue weighted by molar-refractivity contribution is 0.660. The van der Waals surface area contributed by atoms with Gasteiger partial charge < -0.3 is 0 Å². The molecule has 0 atom stereocenters. The molecule has 11 rings (SSSR count). The summed E-state index contributed by atoms with van der Waals surface area (Å²) in [5.41, 5.74) is 14.1. The van der Waals surface area contributed by atoms with Crippen LogP contribution in [-0.2, 0) is 5.41 Å². The molecule has 210 valence electrons. The molecule has 0 saturated carbocycles. The molecule has 0 spiro atoms. The number of rotatable bonds is 1. The molecule has 0 N–H and O–H groups in total. The third-order valence-corrected chi connectivity index (χ3v) is 11.4. The van der Waals surface area contributed by atoms with Crippen LogP contribution in [0.3, 0.4) is 0 Å². The van der Waals surface area contributed by atoms with Gasteiger partial charge in [0.2, 0.25) is 0 Å². The maximum absolute atomic E-state index is 5.26. The van der Waals surface area contributed by atoms with E-state index in [1.807, 2.05) is 23.5 Å². The van der Waals surface area contributed by atoms with Crippen LogP contribution >= 0.6 is 11.3 Å². The zero-order chi connectivity index (χ0) is 29.6. The molecule has 6 aromatic carbocycles. The van der Waals surface area contributed by atoms with Crippen molar-refractivity contribution in [3.63, 3.8) is 0 Å². The molecule has 0 aliphatic heterocycles. The van der Waals surface area contributed by atoms with Crippen LogP contribution in [0.1, 0.15) is 25.0 Å². The Labute approximate surface area is 262 Å². The maximum Gasteiger partial charge on any atom is 0.165 e. The quantitative estimate of drug-likeness (QED) is 0.190. The lowest BCUT2D eigenvalue weighted by Crippen LogP contribution is -2.14. The van der Waals surface area contributed by atoms with Crippen LogP contribution < -0.4 is 0 Å². The average Bonchev–Trinajstić information content (AvgIpc) is 3.77. The Morgan fingerprint density at radius 1 is 0.578 bits per heavy atom. The van der Waals surface area contributed by atoms with Crippen molar-refractivity contribution in [3.8, 4) is 22.3 Å². The summed E-state index contributed by atoms with van der Waals surface area (Å²) in [4.78, 5) is 10.5. The minimum atomic E-state index is 0.00343. The van der Waals surface area contributed by atoms with Crippen LogP contribution in [0.25, 0.3) is 91.8 Å². The van der Waals surface area contributed by atoms with Crippen molar-refractivity contribution < 1.29 is 0 Å². The summed E-state index contributed by atoms with van der Waals surface area (Å²) in [5.74, 6) is 0. The second kappa shape index (κ2) is 8.03. The summed E-state index contributed by atoms with van der Waals surface area (Å²) in [6, 6.07) is 42.3. The second-order valence-electron chi connectivity index (χ2n) is 13.0. The number of aromatic nitrogens is 3. The zero-order valence-electron chi connectivity index (χ0n) is 24.7. The lowest BCUT2D eigenvalue weighted by Gasteiger charge is -2.21. The first-order valence-corrected chi connectivity index (χ1v) is 16.3. The number of fused-ring (bicyclic) bond motifs is 14. The van der Waals surface area contributed by atoms with Crippen LogP contribution in [0.5, 0.6) is 0 Å². The lowest BCUT2D eigenvalue weighted by atomic mass is 9.82. The third-order valence-electron chi connectivity index (χ3n) is 10.3. The Morgan fingerprint density at radius 3 is 2.22 bits per heavy atom. The summed E-state index contributed by atoms with van der Waals surface area (Å²) in [6.07, 6.45) is 0. The first-order valence-electron chi connectivity index (χ1n) is 15.5. The van der Waals surface area contributed by atoms with Gasteiger partial charge in [-0.1, -0.05) is 86.6 Å². The SMILES string of the molecule is CC1(C)c2ccccc2-c2cc(-c3ccc4c(c3)c3cc5sc6ccccc6c5c5c6nc7ccccc7nc6n4c35)ccc21. The molecule has 1 aliphatic rings. The number of hydrogen-bond donors (Lipinski definition) is 0. The van der Waals surface area contributed by atoms with Gasteiger partial charge in [-0.05, 0) is 75.8 Å². The van der Waals surface area contributed by atoms with Crippen LogP contribution in [0.2, 0.25) is 0 Å². The summed E-state index contributed by atoms with van der Waals surface area (Å²) >= 11 is 1.87. The van der Waals surface area contributed by atoms with Gasteiger partial charge in [-0.3, -0.25) is 4.40 Å². The minimum absolute atomic E-state index is 0.00343. The molecular formula is C41H25N3S. The largest absolute Gasteiger partial charge is 0.291 e. The molecule has 0 saturated heterocycles. The van der Waals surface area contributed by atoms with Crippen molar-refractivity contribution in [1.29, 1.82) is 0 Å². The van der Waals surface area contributed by atoms with Gasteiger partial charge >= 0.3 is 0 Å². The van der Waals surface area contributed by atoms with Crippen molar-refractivity contribution >= 4 is 80.9 Å². The van der Waals surface area contributed by atoms with Gasteiger partial charge in [0.15, 0.2) is 5.65 Å². The predicted molar refractivity (Wildman–Crippen MR) is 190 cm³/mol. The average molecular weight is 592 g/mol. The molecule has 45 heavy (non-hydrogen) atoms. The zero-order valence-corrected chi connectivity index (χ0v) is 25.5. The molecule has 4 aromatic heterocycles. The second-order valence-corrected chi connectivity index (χ2v) is 14.1. The smallest absolute Gasteiger partial charge is 0.165 e. The molecule has 1 aliphatic carbocycles. The molecule has 0 bridgehead atoms. The normalized spacial score (nSPS) is 14.2. The van der Waals surface area contributed by atoms with Crippen molar-refractivity contribution in [2.24, 2.45) is 0 Å². The van der Waals surface area contributed by atoms with Gasteiger partial charge in [0, 0.05) is 41.7 Å². The molecular weight excluding hydrogens is 567 g/mol. The highest BCUT2D eigenvalue weighted by atomic mass is 32.1. The number of thiophene rings is 1. The van der Waals surface area contributed by atoms with Gasteiger partial charge in [0.25, 0.3) is 0 Å². The van der Waals surface area contributed by atoms with Crippen molar-refractivity contribution in [2.75, 3.05) is 0 Å². The number of para-hydroxylation sites is 2. The fraction of sp³-hybridized carbons (Fsp3) is 0.0732. The number of benzene rings is 6. The van der Waals surface area contributed by atoms with Gasteiger partial charge in [0.05, 0.1) is 22.1 Å². The Hall–Kier alpha value is -5.32. The maximum atomic E-state index is 5.26.